The fraction of sp³-hybridized carbons (Fsp3) is 1.00. The van der Waals surface area contributed by atoms with Crippen LogP contribution in [0.5, 0.6) is 0 Å². The van der Waals surface area contributed by atoms with Gasteiger partial charge in [0.25, 0.3) is 0 Å². The zero-order valence-corrected chi connectivity index (χ0v) is 16.8. The zero-order chi connectivity index (χ0) is 17.7. The highest BCUT2D eigenvalue weighted by Gasteiger charge is 2.73. The predicted molar refractivity (Wildman–Crippen MR) is 100 cm³/mol. The number of hydrogen-bond acceptors (Lipinski definition) is 2. The summed E-state index contributed by atoms with van der Waals surface area (Å²) in [5.41, 5.74) is 1.19. The van der Waals surface area contributed by atoms with E-state index >= 15 is 0 Å². The number of rotatable bonds is 2. The van der Waals surface area contributed by atoms with Crippen LogP contribution in [0.2, 0.25) is 0 Å². The molecule has 6 aliphatic rings. The minimum absolute atomic E-state index is 0.158. The molecule has 0 aromatic rings. The minimum Gasteiger partial charge on any atom is -0.396 e. The Morgan fingerprint density at radius 2 is 1.72 bits per heavy atom. The maximum Gasteiger partial charge on any atom is 0.0776 e. The summed E-state index contributed by atoms with van der Waals surface area (Å²) in [6, 6.07) is 0. The predicted octanol–water partition coefficient (Wildman–Crippen LogP) is 5.19. The van der Waals surface area contributed by atoms with E-state index < -0.39 is 0 Å². The molecule has 6 rings (SSSR count). The van der Waals surface area contributed by atoms with E-state index in [2.05, 4.69) is 27.7 Å². The van der Waals surface area contributed by atoms with Crippen LogP contribution in [0.15, 0.2) is 0 Å². The van der Waals surface area contributed by atoms with Crippen LogP contribution >= 0.6 is 0 Å². The third-order valence-electron chi connectivity index (χ3n) is 10.6. The summed E-state index contributed by atoms with van der Waals surface area (Å²) in [5, 5.41) is 9.81. The Morgan fingerprint density at radius 3 is 2.48 bits per heavy atom. The average molecular weight is 347 g/mol. The van der Waals surface area contributed by atoms with Crippen molar-refractivity contribution in [2.24, 2.45) is 40.4 Å². The van der Waals surface area contributed by atoms with E-state index in [0.717, 1.165) is 17.8 Å². The Hall–Kier alpha value is -0.0800. The summed E-state index contributed by atoms with van der Waals surface area (Å²) in [6.45, 7) is 10.2. The van der Waals surface area contributed by atoms with Gasteiger partial charge in [-0.1, -0.05) is 20.8 Å². The van der Waals surface area contributed by atoms with E-state index in [1.165, 1.54) is 57.8 Å². The monoisotopic (exact) mass is 346 g/mol. The van der Waals surface area contributed by atoms with Crippen LogP contribution in [-0.2, 0) is 4.74 Å². The highest BCUT2D eigenvalue weighted by molar-refractivity contribution is 5.22. The first-order chi connectivity index (χ1) is 11.8. The molecule has 9 atom stereocenters. The molecule has 2 nitrogen and oxygen atoms in total. The lowest BCUT2D eigenvalue weighted by Gasteiger charge is -2.74. The van der Waals surface area contributed by atoms with Crippen LogP contribution in [0, 0.1) is 40.4 Å². The van der Waals surface area contributed by atoms with Gasteiger partial charge in [0.1, 0.15) is 0 Å². The molecule has 4 aliphatic carbocycles. The molecule has 142 valence electrons. The van der Waals surface area contributed by atoms with Crippen molar-refractivity contribution in [2.75, 3.05) is 6.61 Å². The molecule has 0 radical (unpaired) electrons. The standard InChI is InChI=1S/C23H38O2/c1-15(14-24)17-7-8-18-19-6-5-16-13-20(2)9-11-22(16,4)23(19,25-20)12-10-21(17,18)3/h15-19,24H,5-14H2,1-4H3/t15-,16-,17-,18?,19?,20+,21-,22+,23-/m1/s1. The molecule has 25 heavy (non-hydrogen) atoms. The molecular weight excluding hydrogens is 308 g/mol. The van der Waals surface area contributed by atoms with Crippen LogP contribution in [-0.4, -0.2) is 22.9 Å². The molecule has 0 aromatic carbocycles. The molecular formula is C23H38O2. The maximum atomic E-state index is 9.81. The minimum atomic E-state index is 0.158. The Kier molecular flexibility index (Phi) is 3.44. The van der Waals surface area contributed by atoms with Crippen molar-refractivity contribution in [1.29, 1.82) is 0 Å². The van der Waals surface area contributed by atoms with Gasteiger partial charge in [0.15, 0.2) is 0 Å². The lowest BCUT2D eigenvalue weighted by Crippen LogP contribution is -2.74. The molecule has 2 saturated heterocycles. The van der Waals surface area contributed by atoms with E-state index in [9.17, 15) is 5.11 Å². The van der Waals surface area contributed by atoms with Crippen molar-refractivity contribution in [3.05, 3.63) is 0 Å². The second-order valence-corrected chi connectivity index (χ2v) is 11.4. The maximum absolute atomic E-state index is 9.81. The van der Waals surface area contributed by atoms with Crippen LogP contribution in [0.1, 0.15) is 85.5 Å². The van der Waals surface area contributed by atoms with Gasteiger partial charge in [0, 0.05) is 6.61 Å². The van der Waals surface area contributed by atoms with Crippen molar-refractivity contribution in [2.45, 2.75) is 96.7 Å². The van der Waals surface area contributed by atoms with Crippen LogP contribution in [0.25, 0.3) is 0 Å². The Morgan fingerprint density at radius 1 is 0.960 bits per heavy atom. The van der Waals surface area contributed by atoms with Crippen LogP contribution in [0.4, 0.5) is 0 Å². The first kappa shape index (κ1) is 17.0. The number of aliphatic hydroxyl groups excluding tert-OH is 1. The topological polar surface area (TPSA) is 29.5 Å². The normalized spacial score (nSPS) is 60.8. The second kappa shape index (κ2) is 5.04. The van der Waals surface area contributed by atoms with Gasteiger partial charge in [-0.15, -0.1) is 0 Å². The number of ether oxygens (including phenoxy) is 1. The van der Waals surface area contributed by atoms with E-state index in [1.54, 1.807) is 0 Å². The lowest BCUT2D eigenvalue weighted by atomic mass is 9.39. The van der Waals surface area contributed by atoms with Crippen molar-refractivity contribution >= 4 is 0 Å². The average Bonchev–Trinajstić information content (AvgIpc) is 2.92. The summed E-state index contributed by atoms with van der Waals surface area (Å²) < 4.78 is 7.16. The molecule has 6 fully saturated rings. The van der Waals surface area contributed by atoms with Gasteiger partial charge in [-0.2, -0.15) is 0 Å². The first-order valence-corrected chi connectivity index (χ1v) is 11.1. The summed E-state index contributed by atoms with van der Waals surface area (Å²) in [5.74, 6) is 3.65. The lowest BCUT2D eigenvalue weighted by molar-refractivity contribution is -0.360. The van der Waals surface area contributed by atoms with Gasteiger partial charge in [-0.05, 0) is 105 Å². The number of hydrogen-bond donors (Lipinski definition) is 1. The van der Waals surface area contributed by atoms with Crippen molar-refractivity contribution in [3.63, 3.8) is 0 Å². The summed E-state index contributed by atoms with van der Waals surface area (Å²) in [7, 11) is 0. The van der Waals surface area contributed by atoms with E-state index in [0.29, 0.717) is 29.3 Å². The third-order valence-corrected chi connectivity index (χ3v) is 10.6. The van der Waals surface area contributed by atoms with Gasteiger partial charge in [-0.3, -0.25) is 0 Å². The Labute approximate surface area is 154 Å². The van der Waals surface area contributed by atoms with E-state index in [1.807, 2.05) is 0 Å². The van der Waals surface area contributed by atoms with Crippen molar-refractivity contribution in [1.82, 2.24) is 0 Å². The summed E-state index contributed by atoms with van der Waals surface area (Å²) >= 11 is 0. The van der Waals surface area contributed by atoms with E-state index in [4.69, 9.17) is 4.74 Å². The quantitative estimate of drug-likeness (QED) is 0.746. The fourth-order valence-corrected chi connectivity index (χ4v) is 9.21. The number of aliphatic hydroxyl groups is 1. The highest BCUT2D eigenvalue weighted by atomic mass is 16.5. The Balaban J connectivity index is 1.54. The van der Waals surface area contributed by atoms with Crippen LogP contribution < -0.4 is 0 Å². The fourth-order valence-electron chi connectivity index (χ4n) is 9.21. The molecule has 1 N–H and O–H groups in total. The van der Waals surface area contributed by atoms with Crippen LogP contribution in [0.3, 0.4) is 0 Å². The Bertz CT molecular complexity index is 574. The van der Waals surface area contributed by atoms with Gasteiger partial charge in [-0.25, -0.2) is 0 Å². The molecule has 1 spiro atoms. The van der Waals surface area contributed by atoms with E-state index in [-0.39, 0.29) is 11.2 Å². The molecule has 0 aromatic heterocycles. The van der Waals surface area contributed by atoms with Gasteiger partial charge in [0.05, 0.1) is 11.2 Å². The molecule has 4 bridgehead atoms. The summed E-state index contributed by atoms with van der Waals surface area (Å²) in [6.07, 6.45) is 12.1. The molecule has 4 saturated carbocycles. The first-order valence-electron chi connectivity index (χ1n) is 11.1. The van der Waals surface area contributed by atoms with Crippen molar-refractivity contribution < 1.29 is 9.84 Å². The molecule has 0 amide bonds. The second-order valence-electron chi connectivity index (χ2n) is 11.4. The largest absolute Gasteiger partial charge is 0.396 e. The van der Waals surface area contributed by atoms with Crippen molar-refractivity contribution in [3.8, 4) is 0 Å². The third kappa shape index (κ3) is 1.89. The summed E-state index contributed by atoms with van der Waals surface area (Å²) in [4.78, 5) is 0. The smallest absolute Gasteiger partial charge is 0.0776 e. The highest BCUT2D eigenvalue weighted by Crippen LogP contribution is 2.74. The zero-order valence-electron chi connectivity index (χ0n) is 16.8. The molecule has 2 unspecified atom stereocenters. The van der Waals surface area contributed by atoms with Gasteiger partial charge in [0.2, 0.25) is 0 Å². The SMILES string of the molecule is C[C@H](CO)[C@H]1CCC2C3CC[C@@H]4C[C@]5(C)CC[C@]4(C)[C@]3(CC[C@@]21C)O5. The van der Waals surface area contributed by atoms with Gasteiger partial charge < -0.3 is 9.84 Å². The van der Waals surface area contributed by atoms with Gasteiger partial charge >= 0.3 is 0 Å². The molecule has 2 aliphatic heterocycles. The molecule has 2 heterocycles. The number of fused-ring (bicyclic) bond motifs is 3. The molecule has 2 heteroatoms.